The SMILES string of the molecule is NCCCC1Cc2ccc(Br)cc2O1. The average molecular weight is 256 g/mol. The zero-order valence-corrected chi connectivity index (χ0v) is 9.59. The fourth-order valence-electron chi connectivity index (χ4n) is 1.78. The molecule has 1 aromatic carbocycles. The van der Waals surface area contributed by atoms with Gasteiger partial charge in [-0.2, -0.15) is 0 Å². The van der Waals surface area contributed by atoms with Crippen molar-refractivity contribution in [1.29, 1.82) is 0 Å². The van der Waals surface area contributed by atoms with Crippen LogP contribution >= 0.6 is 15.9 Å². The van der Waals surface area contributed by atoms with Crippen LogP contribution in [0.2, 0.25) is 0 Å². The van der Waals surface area contributed by atoms with Gasteiger partial charge in [0.2, 0.25) is 0 Å². The van der Waals surface area contributed by atoms with E-state index in [0.29, 0.717) is 6.10 Å². The van der Waals surface area contributed by atoms with Gasteiger partial charge in [-0.25, -0.2) is 0 Å². The lowest BCUT2D eigenvalue weighted by molar-refractivity contribution is 0.219. The fourth-order valence-corrected chi connectivity index (χ4v) is 2.12. The maximum absolute atomic E-state index is 5.80. The highest BCUT2D eigenvalue weighted by Crippen LogP contribution is 2.32. The van der Waals surface area contributed by atoms with Gasteiger partial charge in [-0.1, -0.05) is 22.0 Å². The number of halogens is 1. The van der Waals surface area contributed by atoms with Crippen molar-refractivity contribution < 1.29 is 4.74 Å². The fraction of sp³-hybridized carbons (Fsp3) is 0.455. The van der Waals surface area contributed by atoms with Gasteiger partial charge in [0, 0.05) is 10.9 Å². The second-order valence-corrected chi connectivity index (χ2v) is 4.54. The maximum Gasteiger partial charge on any atom is 0.124 e. The van der Waals surface area contributed by atoms with E-state index in [2.05, 4.69) is 28.1 Å². The molecule has 1 unspecified atom stereocenters. The summed E-state index contributed by atoms with van der Waals surface area (Å²) < 4.78 is 6.88. The minimum Gasteiger partial charge on any atom is -0.490 e. The Morgan fingerprint density at radius 3 is 3.14 bits per heavy atom. The lowest BCUT2D eigenvalue weighted by Gasteiger charge is -2.08. The molecule has 0 saturated heterocycles. The van der Waals surface area contributed by atoms with E-state index in [1.807, 2.05) is 6.07 Å². The number of benzene rings is 1. The lowest BCUT2D eigenvalue weighted by atomic mass is 10.1. The first-order valence-electron chi connectivity index (χ1n) is 4.95. The van der Waals surface area contributed by atoms with E-state index in [9.17, 15) is 0 Å². The third-order valence-corrected chi connectivity index (χ3v) is 2.99. The van der Waals surface area contributed by atoms with Crippen LogP contribution in [0.4, 0.5) is 0 Å². The highest BCUT2D eigenvalue weighted by molar-refractivity contribution is 9.10. The van der Waals surface area contributed by atoms with Gasteiger partial charge in [-0.15, -0.1) is 0 Å². The van der Waals surface area contributed by atoms with Crippen molar-refractivity contribution in [3.05, 3.63) is 28.2 Å². The molecule has 3 heteroatoms. The summed E-state index contributed by atoms with van der Waals surface area (Å²) in [6.07, 6.45) is 3.47. The quantitative estimate of drug-likeness (QED) is 0.901. The van der Waals surface area contributed by atoms with E-state index in [4.69, 9.17) is 10.5 Å². The minimum absolute atomic E-state index is 0.336. The second-order valence-electron chi connectivity index (χ2n) is 3.63. The lowest BCUT2D eigenvalue weighted by Crippen LogP contribution is -2.14. The summed E-state index contributed by atoms with van der Waals surface area (Å²) >= 11 is 3.44. The summed E-state index contributed by atoms with van der Waals surface area (Å²) in [7, 11) is 0. The van der Waals surface area contributed by atoms with Gasteiger partial charge in [0.15, 0.2) is 0 Å². The van der Waals surface area contributed by atoms with Crippen molar-refractivity contribution in [3.63, 3.8) is 0 Å². The molecule has 1 heterocycles. The number of nitrogens with two attached hydrogens (primary N) is 1. The largest absolute Gasteiger partial charge is 0.490 e. The van der Waals surface area contributed by atoms with Crippen LogP contribution in [0.15, 0.2) is 22.7 Å². The van der Waals surface area contributed by atoms with E-state index >= 15 is 0 Å². The van der Waals surface area contributed by atoms with Crippen LogP contribution in [0, 0.1) is 0 Å². The molecular weight excluding hydrogens is 242 g/mol. The average Bonchev–Trinajstić information content (AvgIpc) is 2.56. The molecule has 2 rings (SSSR count). The molecule has 2 nitrogen and oxygen atoms in total. The third-order valence-electron chi connectivity index (χ3n) is 2.50. The summed E-state index contributed by atoms with van der Waals surface area (Å²) in [4.78, 5) is 0. The van der Waals surface area contributed by atoms with Gasteiger partial charge in [-0.3, -0.25) is 0 Å². The molecule has 1 aromatic rings. The smallest absolute Gasteiger partial charge is 0.124 e. The Hall–Kier alpha value is -0.540. The maximum atomic E-state index is 5.80. The van der Waals surface area contributed by atoms with Crippen LogP contribution in [0.25, 0.3) is 0 Å². The standard InChI is InChI=1S/C11H14BrNO/c12-9-4-3-8-6-10(2-1-5-13)14-11(8)7-9/h3-4,7,10H,1-2,5-6,13H2. The molecule has 0 saturated carbocycles. The molecule has 1 atom stereocenters. The van der Waals surface area contributed by atoms with Gasteiger partial charge in [-0.05, 0) is 37.1 Å². The molecule has 0 amide bonds. The number of hydrogen-bond acceptors (Lipinski definition) is 2. The molecule has 0 fully saturated rings. The molecule has 0 aliphatic carbocycles. The first-order valence-corrected chi connectivity index (χ1v) is 5.74. The Balaban J connectivity index is 2.03. The number of hydrogen-bond donors (Lipinski definition) is 1. The van der Waals surface area contributed by atoms with Crippen molar-refractivity contribution in [2.45, 2.75) is 25.4 Å². The molecule has 0 aromatic heterocycles. The Labute approximate surface area is 92.6 Å². The first kappa shape index (κ1) is 9.99. The molecular formula is C11H14BrNO. The van der Waals surface area contributed by atoms with Crippen LogP contribution in [0.3, 0.4) is 0 Å². The number of rotatable bonds is 3. The Kier molecular flexibility index (Phi) is 3.08. The van der Waals surface area contributed by atoms with E-state index in [1.54, 1.807) is 0 Å². The van der Waals surface area contributed by atoms with Gasteiger partial charge < -0.3 is 10.5 Å². The molecule has 76 valence electrons. The van der Waals surface area contributed by atoms with Crippen molar-refractivity contribution in [1.82, 2.24) is 0 Å². The van der Waals surface area contributed by atoms with Crippen LogP contribution in [-0.4, -0.2) is 12.6 Å². The Morgan fingerprint density at radius 2 is 2.36 bits per heavy atom. The summed E-state index contributed by atoms with van der Waals surface area (Å²) in [5.41, 5.74) is 6.79. The summed E-state index contributed by atoms with van der Waals surface area (Å²) in [6.45, 7) is 0.750. The van der Waals surface area contributed by atoms with Crippen LogP contribution in [0.1, 0.15) is 18.4 Å². The number of ether oxygens (including phenoxy) is 1. The topological polar surface area (TPSA) is 35.2 Å². The van der Waals surface area contributed by atoms with E-state index in [1.165, 1.54) is 5.56 Å². The highest BCUT2D eigenvalue weighted by atomic mass is 79.9. The molecule has 1 aliphatic rings. The van der Waals surface area contributed by atoms with Crippen molar-refractivity contribution >= 4 is 15.9 Å². The predicted molar refractivity (Wildman–Crippen MR) is 60.6 cm³/mol. The van der Waals surface area contributed by atoms with Crippen molar-refractivity contribution in [3.8, 4) is 5.75 Å². The first-order chi connectivity index (χ1) is 6.79. The molecule has 2 N–H and O–H groups in total. The Morgan fingerprint density at radius 1 is 1.50 bits per heavy atom. The zero-order chi connectivity index (χ0) is 9.97. The van der Waals surface area contributed by atoms with E-state index in [0.717, 1.165) is 36.0 Å². The second kappa shape index (κ2) is 4.32. The van der Waals surface area contributed by atoms with Crippen LogP contribution in [-0.2, 0) is 6.42 Å². The predicted octanol–water partition coefficient (Wildman–Crippen LogP) is 2.49. The zero-order valence-electron chi connectivity index (χ0n) is 8.00. The molecule has 14 heavy (non-hydrogen) atoms. The summed E-state index contributed by atoms with van der Waals surface area (Å²) in [5.74, 6) is 1.03. The van der Waals surface area contributed by atoms with Gasteiger partial charge in [0.25, 0.3) is 0 Å². The van der Waals surface area contributed by atoms with Gasteiger partial charge in [0.1, 0.15) is 11.9 Å². The Bertz CT molecular complexity index is 327. The molecule has 1 aliphatic heterocycles. The minimum atomic E-state index is 0.336. The van der Waals surface area contributed by atoms with Gasteiger partial charge in [0.05, 0.1) is 0 Å². The van der Waals surface area contributed by atoms with E-state index < -0.39 is 0 Å². The molecule has 0 radical (unpaired) electrons. The van der Waals surface area contributed by atoms with E-state index in [-0.39, 0.29) is 0 Å². The molecule has 0 spiro atoms. The number of fused-ring (bicyclic) bond motifs is 1. The van der Waals surface area contributed by atoms with Crippen LogP contribution in [0.5, 0.6) is 5.75 Å². The van der Waals surface area contributed by atoms with Crippen LogP contribution < -0.4 is 10.5 Å². The summed E-state index contributed by atoms with van der Waals surface area (Å²) in [5, 5.41) is 0. The monoisotopic (exact) mass is 255 g/mol. The normalized spacial score (nSPS) is 19.1. The van der Waals surface area contributed by atoms with Crippen molar-refractivity contribution in [2.24, 2.45) is 5.73 Å². The third kappa shape index (κ3) is 2.10. The molecule has 0 bridgehead atoms. The summed E-state index contributed by atoms with van der Waals surface area (Å²) in [6, 6.07) is 6.23. The van der Waals surface area contributed by atoms with Crippen molar-refractivity contribution in [2.75, 3.05) is 6.54 Å². The van der Waals surface area contributed by atoms with Gasteiger partial charge >= 0.3 is 0 Å². The highest BCUT2D eigenvalue weighted by Gasteiger charge is 2.21.